The number of fused-ring (bicyclic) bond motifs is 4. The lowest BCUT2D eigenvalue weighted by molar-refractivity contribution is 0.0967. The molecule has 4 amide bonds. The number of aryl methyl sites for hydroxylation is 4. The summed E-state index contributed by atoms with van der Waals surface area (Å²) in [6.45, 7) is 11.5. The van der Waals surface area contributed by atoms with E-state index in [1.165, 1.54) is 59.8 Å². The van der Waals surface area contributed by atoms with Crippen molar-refractivity contribution < 1.29 is 33.0 Å². The minimum absolute atomic E-state index is 0.0269. The summed E-state index contributed by atoms with van der Waals surface area (Å²) in [6.07, 6.45) is 30.8. The Morgan fingerprint density at radius 3 is 0.924 bits per heavy atom. The lowest BCUT2D eigenvalue weighted by Crippen LogP contribution is -2.39. The van der Waals surface area contributed by atoms with Crippen molar-refractivity contribution >= 4 is 91.6 Å². The van der Waals surface area contributed by atoms with E-state index in [4.69, 9.17) is 9.47 Å². The molecular formula is C101H105FN28O14. The van der Waals surface area contributed by atoms with E-state index in [0.717, 1.165) is 102 Å². The largest absolute Gasteiger partial charge is 0.383 e. The second-order valence-corrected chi connectivity index (χ2v) is 36.4. The highest BCUT2D eigenvalue weighted by molar-refractivity contribution is 6.08. The molecule has 0 bridgehead atoms. The van der Waals surface area contributed by atoms with Gasteiger partial charge < -0.3 is 29.4 Å². The van der Waals surface area contributed by atoms with Crippen molar-refractivity contribution in [2.75, 3.05) is 66.7 Å². The summed E-state index contributed by atoms with van der Waals surface area (Å²) >= 11 is 0. The Kier molecular flexibility index (Phi) is 28.0. The number of amides is 4. The summed E-state index contributed by atoms with van der Waals surface area (Å²) in [4.78, 5) is 228. The highest BCUT2D eigenvalue weighted by Crippen LogP contribution is 2.39. The predicted molar refractivity (Wildman–Crippen MR) is 534 cm³/mol. The van der Waals surface area contributed by atoms with Crippen molar-refractivity contribution in [3.8, 4) is 45.6 Å². The molecule has 16 heterocycles. The van der Waals surface area contributed by atoms with Crippen LogP contribution < -0.4 is 64.6 Å². The SMILES string of the molecule is CCCn1c(=O)n(C2CC2)c(=O)c2[nH]c(-c3ccc(N(C(=O)c4cccnc4)C4CC4)nc3)nc21.CCCn1c(=O)n(C2CC2)c(=O)c2[nH]c(-c3ccc(N(CC4CC4)C(=O)c4cccnc4)nc3)nc21.CCCn1c(=O)n(C2CC2)c(=O)c2[nH]c(-c3ccc(N(CCOC)C(=O)c4ccc(F)nc4)nc3)nc21.CCCn1c(=O)n(C2CC2)c(=O)c2[nH]c(-c3ccc(N(CCOC)C(=O)c4cccnc4)nc3)nc21. The Morgan fingerprint density at radius 1 is 0.354 bits per heavy atom. The van der Waals surface area contributed by atoms with E-state index >= 15 is 0 Å². The number of aromatic amines is 4. The van der Waals surface area contributed by atoms with Gasteiger partial charge in [0, 0.05) is 168 Å². The second kappa shape index (κ2) is 41.8. The van der Waals surface area contributed by atoms with Crippen molar-refractivity contribution in [3.05, 3.63) is 277 Å². The number of carbonyl (C=O) groups excluding carboxylic acids is 4. The number of nitrogens with one attached hydrogen (secondary N) is 4. The van der Waals surface area contributed by atoms with Gasteiger partial charge in [0.15, 0.2) is 22.6 Å². The third-order valence-corrected chi connectivity index (χ3v) is 25.6. The average molecular weight is 1950 g/mol. The lowest BCUT2D eigenvalue weighted by atomic mass is 10.2. The second-order valence-electron chi connectivity index (χ2n) is 36.4. The Balaban J connectivity index is 0.000000122. The molecule has 6 aliphatic rings. The van der Waals surface area contributed by atoms with Gasteiger partial charge in [-0.2, -0.15) is 4.39 Å². The number of hydrogen-bond acceptors (Lipinski definition) is 26. The highest BCUT2D eigenvalue weighted by atomic mass is 19.1. The monoisotopic (exact) mass is 1950 g/mol. The first kappa shape index (κ1) is 96.4. The van der Waals surface area contributed by atoms with Gasteiger partial charge in [-0.15, -0.1) is 0 Å². The maximum absolute atomic E-state index is 13.2. The number of hydrogen-bond donors (Lipinski definition) is 4. The van der Waals surface area contributed by atoms with Gasteiger partial charge in [-0.1, -0.05) is 27.7 Å². The van der Waals surface area contributed by atoms with Gasteiger partial charge in [-0.3, -0.25) is 109 Å². The van der Waals surface area contributed by atoms with E-state index in [1.54, 1.807) is 158 Å². The fraction of sp³-hybridized carbons (Fsp3) is 0.366. The van der Waals surface area contributed by atoms with Crippen LogP contribution in [0.4, 0.5) is 27.7 Å². The van der Waals surface area contributed by atoms with Crippen LogP contribution in [-0.4, -0.2) is 193 Å². The number of ether oxygens (including phenoxy) is 2. The van der Waals surface area contributed by atoms with Crippen LogP contribution in [0.2, 0.25) is 0 Å². The molecule has 740 valence electrons. The molecule has 0 radical (unpaired) electrons. The fourth-order valence-corrected chi connectivity index (χ4v) is 17.3. The molecule has 0 saturated heterocycles. The normalized spacial score (nSPS) is 14.3. The van der Waals surface area contributed by atoms with Crippen LogP contribution in [0.25, 0.3) is 90.2 Å². The van der Waals surface area contributed by atoms with Crippen molar-refractivity contribution in [2.45, 2.75) is 187 Å². The van der Waals surface area contributed by atoms with Gasteiger partial charge in [-0.25, -0.2) is 64.0 Å². The quantitative estimate of drug-likeness (QED) is 0.0278. The van der Waals surface area contributed by atoms with Gasteiger partial charge >= 0.3 is 22.8 Å². The molecule has 6 aliphatic carbocycles. The number of pyridine rings is 8. The number of halogens is 1. The first-order chi connectivity index (χ1) is 70.1. The van der Waals surface area contributed by atoms with Crippen LogP contribution in [0.15, 0.2) is 204 Å². The maximum atomic E-state index is 13.2. The molecule has 6 fully saturated rings. The third kappa shape index (κ3) is 20.1. The van der Waals surface area contributed by atoms with E-state index in [9.17, 15) is 61.9 Å². The molecule has 0 aliphatic heterocycles. The van der Waals surface area contributed by atoms with E-state index in [-0.39, 0.29) is 117 Å². The molecule has 22 rings (SSSR count). The van der Waals surface area contributed by atoms with Crippen LogP contribution in [0, 0.1) is 11.9 Å². The summed E-state index contributed by atoms with van der Waals surface area (Å²) in [7, 11) is 3.09. The minimum atomic E-state index is -0.679. The van der Waals surface area contributed by atoms with E-state index < -0.39 is 11.9 Å². The van der Waals surface area contributed by atoms with Crippen molar-refractivity contribution in [3.63, 3.8) is 0 Å². The Labute approximate surface area is 818 Å². The Morgan fingerprint density at radius 2 is 0.660 bits per heavy atom. The van der Waals surface area contributed by atoms with Crippen molar-refractivity contribution in [1.29, 1.82) is 0 Å². The molecule has 43 heteroatoms. The zero-order chi connectivity index (χ0) is 100. The van der Waals surface area contributed by atoms with Crippen LogP contribution >= 0.6 is 0 Å². The summed E-state index contributed by atoms with van der Waals surface area (Å²) < 4.78 is 35.2. The van der Waals surface area contributed by atoms with Crippen LogP contribution in [-0.2, 0) is 35.7 Å². The van der Waals surface area contributed by atoms with Crippen LogP contribution in [0.3, 0.4) is 0 Å². The molecule has 0 atom stereocenters. The fourth-order valence-electron chi connectivity index (χ4n) is 17.3. The summed E-state index contributed by atoms with van der Waals surface area (Å²) in [5.74, 6) is 2.54. The van der Waals surface area contributed by atoms with Crippen molar-refractivity contribution in [2.24, 2.45) is 5.92 Å². The molecule has 144 heavy (non-hydrogen) atoms. The van der Waals surface area contributed by atoms with Gasteiger partial charge in [0.1, 0.15) is 68.6 Å². The first-order valence-corrected chi connectivity index (χ1v) is 48.5. The first-order valence-electron chi connectivity index (χ1n) is 48.5. The smallest absolute Gasteiger partial charge is 0.333 e. The Hall–Kier alpha value is -16.5. The van der Waals surface area contributed by atoms with Gasteiger partial charge in [0.05, 0.1) is 48.6 Å². The average Bonchev–Trinajstić information content (AvgIpc) is 1.70. The molecule has 42 nitrogen and oxygen atoms in total. The summed E-state index contributed by atoms with van der Waals surface area (Å²) in [5, 5.41) is 0. The molecule has 4 N–H and O–H groups in total. The molecule has 0 aromatic carbocycles. The third-order valence-electron chi connectivity index (χ3n) is 25.6. The molecule has 16 aromatic rings. The molecule has 0 spiro atoms. The van der Waals surface area contributed by atoms with E-state index in [1.807, 2.05) is 39.8 Å². The topological polar surface area (TPSA) is 494 Å². The standard InChI is InChI=1S/C26H27N7O3.C25H26FN7O4.C25H27N7O4.C25H25N7O3/c1-2-12-31-23-21(25(35)33(26(31)36)19-8-9-19)29-22(30-23)17-7-10-20(28-14-17)32(15-16-5-6-16)24(34)18-4-3-11-27-13-18;1-3-10-32-22-20(24(35)33(25(32)36)17-6-7-17)29-21(30-22)15-5-9-19(28-13-15)31(11-12-37-2)23(34)16-4-8-18(26)27-14-16;1-3-11-31-22-20(24(34)32(25(31)35)18-7-8-18)28-21(29-22)16-6-9-19(27-15-16)30(12-13-36-2)23(33)17-5-4-10-26-14-17;1-2-12-30-22-20(24(34)32(25(30)35)18-8-9-18)28-21(29-22)15-5-10-19(27-14-15)31(17-6-7-17)23(33)16-4-3-11-26-13-16/h3-4,7,10-11,13-14,16,19H,2,5-6,8-9,12,15H2,1H3,(H,29,30);4-5,8-9,13-14,17H,3,6-7,10-12H2,1-2H3,(H,29,30);4-6,9-10,14-15,18H,3,7-8,11-13H2,1-2H3,(H,28,29);3-5,10-11,13-14,17-18H,2,6-9,12H2,1H3,(H,28,29). The number of carbonyl (C=O) groups is 4. The van der Waals surface area contributed by atoms with Crippen molar-refractivity contribution in [1.82, 2.24) is 116 Å². The summed E-state index contributed by atoms with van der Waals surface area (Å²) in [5.41, 5.74) is 4.24. The minimum Gasteiger partial charge on any atom is -0.383 e. The van der Waals surface area contributed by atoms with Gasteiger partial charge in [0.25, 0.3) is 45.9 Å². The summed E-state index contributed by atoms with van der Waals surface area (Å²) in [6, 6.07) is 26.9. The Bertz CT molecular complexity index is 8010. The van der Waals surface area contributed by atoms with Crippen LogP contribution in [0.5, 0.6) is 0 Å². The molecule has 16 aromatic heterocycles. The zero-order valence-electron chi connectivity index (χ0n) is 80.1. The number of nitrogens with zero attached hydrogens (tertiary/aromatic N) is 24. The number of anilines is 4. The van der Waals surface area contributed by atoms with E-state index in [2.05, 4.69) is 79.7 Å². The number of aromatic nitrogens is 24. The van der Waals surface area contributed by atoms with Crippen LogP contribution in [0.1, 0.15) is 196 Å². The zero-order valence-corrected chi connectivity index (χ0v) is 80.1. The maximum Gasteiger partial charge on any atom is 0.333 e. The highest BCUT2D eigenvalue weighted by Gasteiger charge is 2.39. The predicted octanol–water partition coefficient (Wildman–Crippen LogP) is 10.9. The number of methoxy groups -OCH3 is 2. The van der Waals surface area contributed by atoms with Gasteiger partial charge in [-0.05, 0) is 206 Å². The lowest BCUT2D eigenvalue weighted by Gasteiger charge is -2.21. The van der Waals surface area contributed by atoms with Gasteiger partial charge in [0.2, 0.25) is 5.95 Å². The van der Waals surface area contributed by atoms with E-state index in [0.29, 0.717) is 183 Å². The number of rotatable bonds is 33. The number of H-pyrrole nitrogens is 4. The molecular weight excluding hydrogens is 1850 g/mol. The number of imidazole rings is 4. The molecule has 6 saturated carbocycles. The molecule has 0 unspecified atom stereocenters.